The zero-order valence-electron chi connectivity index (χ0n) is 16.2. The maximum Gasteiger partial charge on any atom is 0.356 e. The van der Waals surface area contributed by atoms with Crippen molar-refractivity contribution in [3.05, 3.63) is 82.2 Å². The van der Waals surface area contributed by atoms with Gasteiger partial charge in [-0.3, -0.25) is 41.4 Å². The predicted molar refractivity (Wildman–Crippen MR) is 110 cm³/mol. The van der Waals surface area contributed by atoms with E-state index in [0.717, 1.165) is 6.33 Å². The first-order valence-corrected chi connectivity index (χ1v) is 8.81. The summed E-state index contributed by atoms with van der Waals surface area (Å²) in [6.45, 7) is 0. The number of carbonyl (C=O) groups excluding carboxylic acids is 2. The van der Waals surface area contributed by atoms with E-state index in [1.165, 1.54) is 19.2 Å². The average Bonchev–Trinajstić information content (AvgIpc) is 2.81. The first-order valence-electron chi connectivity index (χ1n) is 8.81. The lowest BCUT2D eigenvalue weighted by Crippen LogP contribution is -2.32. The van der Waals surface area contributed by atoms with Gasteiger partial charge in [0.05, 0.1) is 12.0 Å². The minimum absolute atomic E-state index is 0.273. The highest BCUT2D eigenvalue weighted by Crippen LogP contribution is 2.27. The number of carbonyl (C=O) groups is 2. The smallest absolute Gasteiger partial charge is 0.356 e. The molecule has 0 aliphatic rings. The summed E-state index contributed by atoms with van der Waals surface area (Å²) in [6, 6.07) is 14.5. The number of nitro groups is 1. The summed E-state index contributed by atoms with van der Waals surface area (Å²) >= 11 is 0. The van der Waals surface area contributed by atoms with Crippen molar-refractivity contribution in [2.75, 3.05) is 18.0 Å². The number of hydrogen-bond acceptors (Lipinski definition) is 9. The second-order valence-corrected chi connectivity index (χ2v) is 5.93. The van der Waals surface area contributed by atoms with Gasteiger partial charge in [-0.25, -0.2) is 9.97 Å². The molecule has 4 N–H and O–H groups in total. The molecule has 1 heterocycles. The molecule has 0 radical (unpaired) electrons. The van der Waals surface area contributed by atoms with Crippen LogP contribution in [0.4, 0.5) is 17.3 Å². The molecule has 31 heavy (non-hydrogen) atoms. The molecule has 0 saturated heterocycles. The number of nitrogens with one attached hydrogen (secondary N) is 4. The Morgan fingerprint density at radius 2 is 1.39 bits per heavy atom. The Balaban J connectivity index is 1.71. The van der Waals surface area contributed by atoms with Crippen LogP contribution in [0.2, 0.25) is 0 Å². The zero-order valence-corrected chi connectivity index (χ0v) is 16.2. The van der Waals surface area contributed by atoms with Gasteiger partial charge in [-0.15, -0.1) is 0 Å². The van der Waals surface area contributed by atoms with Gasteiger partial charge in [0.2, 0.25) is 11.6 Å². The number of methoxy groups -OCH3 is 1. The van der Waals surface area contributed by atoms with Gasteiger partial charge in [0, 0.05) is 11.1 Å². The van der Waals surface area contributed by atoms with Crippen molar-refractivity contribution in [3.63, 3.8) is 0 Å². The van der Waals surface area contributed by atoms with Crippen LogP contribution in [0.3, 0.4) is 0 Å². The van der Waals surface area contributed by atoms with Crippen LogP contribution >= 0.6 is 0 Å². The fourth-order valence-corrected chi connectivity index (χ4v) is 2.44. The number of hydrogen-bond donors (Lipinski definition) is 4. The van der Waals surface area contributed by atoms with Crippen LogP contribution in [0.1, 0.15) is 20.7 Å². The minimum atomic E-state index is -0.751. The summed E-state index contributed by atoms with van der Waals surface area (Å²) in [5.74, 6) is -1.05. The summed E-state index contributed by atoms with van der Waals surface area (Å²) < 4.78 is 5.03. The van der Waals surface area contributed by atoms with E-state index in [4.69, 9.17) is 4.74 Å². The number of benzene rings is 2. The Labute approximate surface area is 175 Å². The van der Waals surface area contributed by atoms with E-state index in [9.17, 15) is 19.7 Å². The van der Waals surface area contributed by atoms with Gasteiger partial charge in [0.1, 0.15) is 12.1 Å². The Morgan fingerprint density at radius 1 is 0.871 bits per heavy atom. The normalized spacial score (nSPS) is 9.97. The number of rotatable bonds is 8. The topological polar surface area (TPSA) is 160 Å². The molecule has 3 rings (SSSR count). The van der Waals surface area contributed by atoms with E-state index in [0.29, 0.717) is 16.9 Å². The Hall–Kier alpha value is -4.74. The maximum absolute atomic E-state index is 12.3. The van der Waals surface area contributed by atoms with E-state index in [2.05, 4.69) is 31.7 Å². The fourth-order valence-electron chi connectivity index (χ4n) is 2.44. The number of ether oxygens (including phenoxy) is 1. The SMILES string of the molecule is COc1ccc(C(=O)NNc2ncnc(NNC(=O)c3ccccc3)c2[N+](=O)[O-])cc1. The summed E-state index contributed by atoms with van der Waals surface area (Å²) in [5, 5.41) is 11.5. The third-order valence-corrected chi connectivity index (χ3v) is 3.98. The molecule has 0 aliphatic carbocycles. The Morgan fingerprint density at radius 3 is 1.87 bits per heavy atom. The largest absolute Gasteiger partial charge is 0.497 e. The molecule has 0 fully saturated rings. The van der Waals surface area contributed by atoms with E-state index in [-0.39, 0.29) is 11.6 Å². The zero-order chi connectivity index (χ0) is 22.2. The van der Waals surface area contributed by atoms with E-state index >= 15 is 0 Å². The third-order valence-electron chi connectivity index (χ3n) is 3.98. The maximum atomic E-state index is 12.3. The molecule has 0 saturated carbocycles. The molecule has 0 spiro atoms. The molecule has 0 unspecified atom stereocenters. The van der Waals surface area contributed by atoms with Crippen molar-refractivity contribution in [2.45, 2.75) is 0 Å². The first kappa shape index (κ1) is 21.0. The second kappa shape index (κ2) is 9.65. The van der Waals surface area contributed by atoms with Gasteiger partial charge in [0.15, 0.2) is 0 Å². The first-order chi connectivity index (χ1) is 15.0. The van der Waals surface area contributed by atoms with Crippen molar-refractivity contribution in [1.82, 2.24) is 20.8 Å². The van der Waals surface area contributed by atoms with Gasteiger partial charge < -0.3 is 4.74 Å². The van der Waals surface area contributed by atoms with Crippen molar-refractivity contribution in [1.29, 1.82) is 0 Å². The van der Waals surface area contributed by atoms with Crippen LogP contribution < -0.4 is 26.4 Å². The number of amides is 2. The molecule has 3 aromatic rings. The van der Waals surface area contributed by atoms with Crippen molar-refractivity contribution in [2.24, 2.45) is 0 Å². The Bertz CT molecular complexity index is 1090. The van der Waals surface area contributed by atoms with Crippen LogP contribution in [0.25, 0.3) is 0 Å². The molecule has 12 heteroatoms. The molecule has 158 valence electrons. The van der Waals surface area contributed by atoms with Gasteiger partial charge >= 0.3 is 5.69 Å². The number of anilines is 2. The molecule has 2 amide bonds. The lowest BCUT2D eigenvalue weighted by atomic mass is 10.2. The van der Waals surface area contributed by atoms with Crippen molar-refractivity contribution >= 4 is 29.1 Å². The molecular weight excluding hydrogens is 406 g/mol. The minimum Gasteiger partial charge on any atom is -0.497 e. The summed E-state index contributed by atoms with van der Waals surface area (Å²) in [7, 11) is 1.50. The van der Waals surface area contributed by atoms with Gasteiger partial charge in [-0.1, -0.05) is 18.2 Å². The van der Waals surface area contributed by atoms with Gasteiger partial charge in [-0.05, 0) is 36.4 Å². The second-order valence-electron chi connectivity index (χ2n) is 5.93. The predicted octanol–water partition coefficient (Wildman–Crippen LogP) is 1.91. The van der Waals surface area contributed by atoms with Crippen LogP contribution in [-0.2, 0) is 0 Å². The van der Waals surface area contributed by atoms with Crippen LogP contribution in [0.15, 0.2) is 60.9 Å². The lowest BCUT2D eigenvalue weighted by Gasteiger charge is -2.11. The summed E-state index contributed by atoms with van der Waals surface area (Å²) in [6.07, 6.45) is 1.03. The molecule has 0 atom stereocenters. The third kappa shape index (κ3) is 5.20. The number of aromatic nitrogens is 2. The molecule has 0 aliphatic heterocycles. The Kier molecular flexibility index (Phi) is 6.53. The fraction of sp³-hybridized carbons (Fsp3) is 0.0526. The number of hydrazine groups is 2. The molecule has 0 bridgehead atoms. The highest BCUT2D eigenvalue weighted by Gasteiger charge is 2.24. The van der Waals surface area contributed by atoms with E-state index in [1.807, 2.05) is 0 Å². The van der Waals surface area contributed by atoms with Gasteiger partial charge in [0.25, 0.3) is 11.8 Å². The van der Waals surface area contributed by atoms with Crippen molar-refractivity contribution in [3.8, 4) is 5.75 Å². The molecular formula is C19H17N7O5. The summed E-state index contributed by atoms with van der Waals surface area (Å²) in [5.41, 5.74) is 9.52. The standard InChI is InChI=1S/C19H17N7O5/c1-31-14-9-7-13(8-10-14)19(28)25-23-17-15(26(29)30)16(20-11-21-17)22-24-18(27)12-5-3-2-4-6-12/h2-11H,1H3,(H,24,27)(H,25,28)(H2,20,21,22,23). The molecule has 12 nitrogen and oxygen atoms in total. The van der Waals surface area contributed by atoms with E-state index in [1.54, 1.807) is 42.5 Å². The average molecular weight is 423 g/mol. The number of nitrogens with zero attached hydrogens (tertiary/aromatic N) is 3. The quantitative estimate of drug-likeness (QED) is 0.313. The van der Waals surface area contributed by atoms with Crippen LogP contribution in [0.5, 0.6) is 5.75 Å². The van der Waals surface area contributed by atoms with Crippen molar-refractivity contribution < 1.29 is 19.2 Å². The van der Waals surface area contributed by atoms with Crippen LogP contribution in [0, 0.1) is 10.1 Å². The highest BCUT2D eigenvalue weighted by molar-refractivity contribution is 5.96. The highest BCUT2D eigenvalue weighted by atomic mass is 16.6. The van der Waals surface area contributed by atoms with Gasteiger partial charge in [-0.2, -0.15) is 0 Å². The monoisotopic (exact) mass is 423 g/mol. The lowest BCUT2D eigenvalue weighted by molar-refractivity contribution is -0.383. The van der Waals surface area contributed by atoms with E-state index < -0.39 is 22.4 Å². The summed E-state index contributed by atoms with van der Waals surface area (Å²) in [4.78, 5) is 42.8. The molecule has 2 aromatic carbocycles. The van der Waals surface area contributed by atoms with Crippen LogP contribution in [-0.4, -0.2) is 33.8 Å². The molecule has 1 aromatic heterocycles.